The van der Waals surface area contributed by atoms with Crippen LogP contribution in [0.5, 0.6) is 11.5 Å². The van der Waals surface area contributed by atoms with E-state index in [0.29, 0.717) is 39.6 Å². The molecule has 1 aliphatic heterocycles. The van der Waals surface area contributed by atoms with Crippen LogP contribution in [0.2, 0.25) is 10.0 Å². The van der Waals surface area contributed by atoms with Crippen LogP contribution in [0.1, 0.15) is 5.56 Å². The van der Waals surface area contributed by atoms with Gasteiger partial charge in [0.2, 0.25) is 6.79 Å². The molecular formula is C18H15Cl2N5O2. The van der Waals surface area contributed by atoms with Crippen molar-refractivity contribution in [3.63, 3.8) is 0 Å². The molecule has 4 N–H and O–H groups in total. The van der Waals surface area contributed by atoms with Gasteiger partial charge in [-0.3, -0.25) is 0 Å². The minimum atomic E-state index is 0.243. The van der Waals surface area contributed by atoms with Crippen LogP contribution < -0.4 is 25.8 Å². The first-order valence-electron chi connectivity index (χ1n) is 8.05. The molecule has 0 radical (unpaired) electrons. The van der Waals surface area contributed by atoms with Crippen molar-refractivity contribution in [2.45, 2.75) is 6.54 Å². The Labute approximate surface area is 165 Å². The van der Waals surface area contributed by atoms with Gasteiger partial charge in [0, 0.05) is 11.6 Å². The molecule has 2 heterocycles. The van der Waals surface area contributed by atoms with Crippen LogP contribution in [0.25, 0.3) is 0 Å². The maximum absolute atomic E-state index is 6.20. The van der Waals surface area contributed by atoms with Gasteiger partial charge in [0.1, 0.15) is 12.0 Å². The summed E-state index contributed by atoms with van der Waals surface area (Å²) in [7, 11) is 0. The predicted octanol–water partition coefficient (Wildman–Crippen LogP) is 4.45. The van der Waals surface area contributed by atoms with Crippen LogP contribution >= 0.6 is 23.2 Å². The number of ether oxygens (including phenoxy) is 2. The summed E-state index contributed by atoms with van der Waals surface area (Å²) < 4.78 is 10.7. The number of hydrogen-bond acceptors (Lipinski definition) is 7. The molecule has 138 valence electrons. The van der Waals surface area contributed by atoms with E-state index in [9.17, 15) is 0 Å². The SMILES string of the molecule is Nc1c(NCc2ccc3c(c2)OCO3)ncnc1Nc1ccc(Cl)cc1Cl. The highest BCUT2D eigenvalue weighted by Gasteiger charge is 2.14. The molecule has 0 aliphatic carbocycles. The van der Waals surface area contributed by atoms with Gasteiger partial charge in [-0.2, -0.15) is 0 Å². The molecule has 0 fully saturated rings. The average Bonchev–Trinajstić information content (AvgIpc) is 3.12. The number of nitrogens with one attached hydrogen (secondary N) is 2. The van der Waals surface area contributed by atoms with Gasteiger partial charge in [0.15, 0.2) is 23.1 Å². The molecule has 4 rings (SSSR count). The van der Waals surface area contributed by atoms with Crippen molar-refractivity contribution in [1.82, 2.24) is 9.97 Å². The van der Waals surface area contributed by atoms with E-state index in [0.717, 1.165) is 17.1 Å². The molecule has 2 aromatic carbocycles. The van der Waals surface area contributed by atoms with Crippen LogP contribution in [0.3, 0.4) is 0 Å². The van der Waals surface area contributed by atoms with E-state index in [1.165, 1.54) is 6.33 Å². The lowest BCUT2D eigenvalue weighted by Gasteiger charge is -2.13. The van der Waals surface area contributed by atoms with Crippen LogP contribution in [-0.2, 0) is 6.54 Å². The third-order valence-electron chi connectivity index (χ3n) is 3.97. The normalized spacial score (nSPS) is 12.1. The van der Waals surface area contributed by atoms with E-state index in [1.807, 2.05) is 18.2 Å². The Hall–Kier alpha value is -2.90. The second-order valence-corrected chi connectivity index (χ2v) is 6.62. The highest BCUT2D eigenvalue weighted by Crippen LogP contribution is 2.34. The molecule has 0 unspecified atom stereocenters. The molecule has 1 aromatic heterocycles. The van der Waals surface area contributed by atoms with Crippen molar-refractivity contribution in [3.8, 4) is 11.5 Å². The number of aromatic nitrogens is 2. The number of nitrogens with zero attached hydrogens (tertiary/aromatic N) is 2. The molecule has 1 aliphatic rings. The monoisotopic (exact) mass is 403 g/mol. The van der Waals surface area contributed by atoms with Gasteiger partial charge in [-0.15, -0.1) is 0 Å². The molecule has 0 saturated heterocycles. The Kier molecular flexibility index (Phi) is 4.79. The van der Waals surface area contributed by atoms with Crippen molar-refractivity contribution in [2.24, 2.45) is 0 Å². The number of halogens is 2. The minimum Gasteiger partial charge on any atom is -0.454 e. The number of benzene rings is 2. The smallest absolute Gasteiger partial charge is 0.231 e. The zero-order chi connectivity index (χ0) is 18.8. The Morgan fingerprint density at radius 2 is 1.81 bits per heavy atom. The van der Waals surface area contributed by atoms with Gasteiger partial charge in [-0.1, -0.05) is 29.3 Å². The van der Waals surface area contributed by atoms with E-state index >= 15 is 0 Å². The summed E-state index contributed by atoms with van der Waals surface area (Å²) in [6.07, 6.45) is 1.42. The second-order valence-electron chi connectivity index (χ2n) is 5.77. The van der Waals surface area contributed by atoms with E-state index < -0.39 is 0 Å². The fourth-order valence-electron chi connectivity index (χ4n) is 2.59. The van der Waals surface area contributed by atoms with E-state index in [4.69, 9.17) is 38.4 Å². The van der Waals surface area contributed by atoms with Gasteiger partial charge in [0.05, 0.1) is 10.7 Å². The van der Waals surface area contributed by atoms with Crippen LogP contribution in [0, 0.1) is 0 Å². The van der Waals surface area contributed by atoms with Crippen LogP contribution in [0.15, 0.2) is 42.7 Å². The zero-order valence-corrected chi connectivity index (χ0v) is 15.5. The summed E-state index contributed by atoms with van der Waals surface area (Å²) in [5.74, 6) is 2.42. The van der Waals surface area contributed by atoms with Crippen molar-refractivity contribution in [1.29, 1.82) is 0 Å². The van der Waals surface area contributed by atoms with Gasteiger partial charge in [-0.25, -0.2) is 9.97 Å². The Morgan fingerprint density at radius 1 is 1.00 bits per heavy atom. The zero-order valence-electron chi connectivity index (χ0n) is 14.0. The van der Waals surface area contributed by atoms with Crippen molar-refractivity contribution in [3.05, 3.63) is 58.3 Å². The first-order chi connectivity index (χ1) is 13.1. The molecule has 0 spiro atoms. The van der Waals surface area contributed by atoms with Crippen LogP contribution in [-0.4, -0.2) is 16.8 Å². The quantitative estimate of drug-likeness (QED) is 0.578. The Bertz CT molecular complexity index is 999. The lowest BCUT2D eigenvalue weighted by Crippen LogP contribution is -2.08. The minimum absolute atomic E-state index is 0.243. The Morgan fingerprint density at radius 3 is 2.67 bits per heavy atom. The summed E-state index contributed by atoms with van der Waals surface area (Å²) in [5, 5.41) is 7.32. The van der Waals surface area contributed by atoms with Crippen molar-refractivity contribution >= 4 is 46.2 Å². The van der Waals surface area contributed by atoms with Crippen LogP contribution in [0.4, 0.5) is 23.0 Å². The third kappa shape index (κ3) is 3.79. The Balaban J connectivity index is 1.50. The average molecular weight is 404 g/mol. The predicted molar refractivity (Wildman–Crippen MR) is 106 cm³/mol. The molecule has 0 atom stereocenters. The third-order valence-corrected chi connectivity index (χ3v) is 4.51. The fourth-order valence-corrected chi connectivity index (χ4v) is 3.05. The summed E-state index contributed by atoms with van der Waals surface area (Å²) in [6, 6.07) is 10.9. The molecule has 3 aromatic rings. The number of hydrogen-bond donors (Lipinski definition) is 3. The van der Waals surface area contributed by atoms with E-state index in [2.05, 4.69) is 20.6 Å². The maximum atomic E-state index is 6.20. The molecule has 0 bridgehead atoms. The molecular weight excluding hydrogens is 389 g/mol. The van der Waals surface area contributed by atoms with Gasteiger partial charge in [0.25, 0.3) is 0 Å². The largest absolute Gasteiger partial charge is 0.454 e. The molecule has 0 amide bonds. The lowest BCUT2D eigenvalue weighted by molar-refractivity contribution is 0.174. The lowest BCUT2D eigenvalue weighted by atomic mass is 10.2. The summed E-state index contributed by atoms with van der Waals surface area (Å²) in [4.78, 5) is 8.39. The highest BCUT2D eigenvalue weighted by molar-refractivity contribution is 6.36. The molecule has 7 nitrogen and oxygen atoms in total. The first kappa shape index (κ1) is 17.5. The van der Waals surface area contributed by atoms with Gasteiger partial charge < -0.3 is 25.8 Å². The fraction of sp³-hybridized carbons (Fsp3) is 0.111. The topological polar surface area (TPSA) is 94.3 Å². The number of fused-ring (bicyclic) bond motifs is 1. The van der Waals surface area contributed by atoms with Crippen molar-refractivity contribution in [2.75, 3.05) is 23.2 Å². The number of anilines is 4. The summed E-state index contributed by atoms with van der Waals surface area (Å²) in [5.41, 5.74) is 8.23. The summed E-state index contributed by atoms with van der Waals surface area (Å²) >= 11 is 12.1. The van der Waals surface area contributed by atoms with Gasteiger partial charge >= 0.3 is 0 Å². The second kappa shape index (κ2) is 7.38. The first-order valence-corrected chi connectivity index (χ1v) is 8.80. The molecule has 9 heteroatoms. The van der Waals surface area contributed by atoms with Gasteiger partial charge in [-0.05, 0) is 35.9 Å². The summed E-state index contributed by atoms with van der Waals surface area (Å²) in [6.45, 7) is 0.756. The van der Waals surface area contributed by atoms with E-state index in [-0.39, 0.29) is 6.79 Å². The standard InChI is InChI=1S/C18H15Cl2N5O2/c19-11-2-3-13(12(20)6-11)25-18-16(21)17(23-8-24-18)22-7-10-1-4-14-15(5-10)27-9-26-14/h1-6,8H,7,9,21H2,(H2,22,23,24,25). The molecule has 0 saturated carbocycles. The highest BCUT2D eigenvalue weighted by atomic mass is 35.5. The number of rotatable bonds is 5. The van der Waals surface area contributed by atoms with Crippen molar-refractivity contribution < 1.29 is 9.47 Å². The number of nitrogens with two attached hydrogens (primary N) is 1. The molecule has 27 heavy (non-hydrogen) atoms. The maximum Gasteiger partial charge on any atom is 0.231 e. The number of nitrogen functional groups attached to an aromatic ring is 1. The van der Waals surface area contributed by atoms with E-state index in [1.54, 1.807) is 18.2 Å².